The molecule has 0 bridgehead atoms. The van der Waals surface area contributed by atoms with Gasteiger partial charge in [-0.1, -0.05) is 30.3 Å². The first-order valence-corrected chi connectivity index (χ1v) is 6.41. The molecule has 0 aromatic heterocycles. The molecule has 1 saturated carbocycles. The van der Waals surface area contributed by atoms with Crippen LogP contribution in [0, 0.1) is 5.92 Å². The molecule has 0 unspecified atom stereocenters. The molecule has 2 N–H and O–H groups in total. The summed E-state index contributed by atoms with van der Waals surface area (Å²) in [6.45, 7) is 0. The molecule has 4 nitrogen and oxygen atoms in total. The largest absolute Gasteiger partial charge is 0.481 e. The van der Waals surface area contributed by atoms with Gasteiger partial charge in [0, 0.05) is 12.1 Å². The molecule has 2 rings (SSSR count). The van der Waals surface area contributed by atoms with Gasteiger partial charge in [0.05, 0.1) is 5.92 Å². The van der Waals surface area contributed by atoms with Gasteiger partial charge in [0.1, 0.15) is 0 Å². The summed E-state index contributed by atoms with van der Waals surface area (Å²) in [6.07, 6.45) is 5.15. The van der Waals surface area contributed by atoms with Crippen LogP contribution in [0.1, 0.15) is 24.8 Å². The van der Waals surface area contributed by atoms with E-state index < -0.39 is 5.97 Å². The van der Waals surface area contributed by atoms with Crippen molar-refractivity contribution in [3.8, 4) is 0 Å². The highest BCUT2D eigenvalue weighted by Gasteiger charge is 2.30. The lowest BCUT2D eigenvalue weighted by atomic mass is 10.1. The number of carboxylic acids is 1. The number of carbonyl (C=O) groups is 2. The summed E-state index contributed by atoms with van der Waals surface area (Å²) in [5.74, 6) is -1.25. The molecule has 0 radical (unpaired) electrons. The molecular weight excluding hydrogens is 242 g/mol. The number of rotatable bonds is 4. The van der Waals surface area contributed by atoms with Crippen LogP contribution >= 0.6 is 0 Å². The number of carboxylic acid groups (broad SMARTS) is 1. The van der Waals surface area contributed by atoms with Crippen molar-refractivity contribution < 1.29 is 14.7 Å². The highest BCUT2D eigenvalue weighted by molar-refractivity contribution is 5.92. The minimum Gasteiger partial charge on any atom is -0.481 e. The van der Waals surface area contributed by atoms with Crippen molar-refractivity contribution in [2.24, 2.45) is 5.92 Å². The number of hydrogen-bond acceptors (Lipinski definition) is 2. The first kappa shape index (κ1) is 13.3. The van der Waals surface area contributed by atoms with E-state index in [1.807, 2.05) is 30.3 Å². The monoisotopic (exact) mass is 259 g/mol. The van der Waals surface area contributed by atoms with Crippen LogP contribution in [0.3, 0.4) is 0 Å². The van der Waals surface area contributed by atoms with Crippen molar-refractivity contribution in [1.82, 2.24) is 5.32 Å². The number of nitrogens with one attached hydrogen (secondary N) is 1. The van der Waals surface area contributed by atoms with E-state index in [9.17, 15) is 9.59 Å². The van der Waals surface area contributed by atoms with E-state index in [-0.39, 0.29) is 17.9 Å². The van der Waals surface area contributed by atoms with Crippen molar-refractivity contribution >= 4 is 18.0 Å². The van der Waals surface area contributed by atoms with Gasteiger partial charge in [0.15, 0.2) is 0 Å². The van der Waals surface area contributed by atoms with Crippen molar-refractivity contribution in [3.05, 3.63) is 42.0 Å². The minimum atomic E-state index is -0.767. The van der Waals surface area contributed by atoms with Gasteiger partial charge >= 0.3 is 5.97 Å². The molecule has 1 fully saturated rings. The molecule has 0 aliphatic heterocycles. The van der Waals surface area contributed by atoms with E-state index in [0.717, 1.165) is 12.0 Å². The van der Waals surface area contributed by atoms with Crippen LogP contribution in [-0.2, 0) is 9.59 Å². The summed E-state index contributed by atoms with van der Waals surface area (Å²) in [5, 5.41) is 11.7. The van der Waals surface area contributed by atoms with Gasteiger partial charge in [-0.25, -0.2) is 0 Å². The number of carbonyl (C=O) groups excluding carboxylic acids is 1. The standard InChI is InChI=1S/C15H17NO3/c17-14(9-6-11-4-2-1-3-5-11)16-13-8-7-12(10-13)15(18)19/h1-6,9,12-13H,7-8,10H2,(H,16,17)(H,18,19)/b9-6+/t12-,13+/m1/s1. The second-order valence-corrected chi connectivity index (χ2v) is 4.80. The Hall–Kier alpha value is -2.10. The zero-order chi connectivity index (χ0) is 13.7. The highest BCUT2D eigenvalue weighted by atomic mass is 16.4. The predicted octanol–water partition coefficient (Wildman–Crippen LogP) is 2.07. The fourth-order valence-electron chi connectivity index (χ4n) is 2.32. The van der Waals surface area contributed by atoms with Crippen LogP contribution in [0.5, 0.6) is 0 Å². The molecule has 1 amide bonds. The van der Waals surface area contributed by atoms with Gasteiger partial charge in [0.2, 0.25) is 5.91 Å². The summed E-state index contributed by atoms with van der Waals surface area (Å²) < 4.78 is 0. The van der Waals surface area contributed by atoms with Crippen molar-refractivity contribution in [2.75, 3.05) is 0 Å². The third kappa shape index (κ3) is 3.95. The Balaban J connectivity index is 1.82. The van der Waals surface area contributed by atoms with Crippen LogP contribution in [0.2, 0.25) is 0 Å². The van der Waals surface area contributed by atoms with E-state index in [2.05, 4.69) is 5.32 Å². The number of benzene rings is 1. The van der Waals surface area contributed by atoms with Crippen LogP contribution in [0.4, 0.5) is 0 Å². The molecule has 2 atom stereocenters. The van der Waals surface area contributed by atoms with E-state index >= 15 is 0 Å². The van der Waals surface area contributed by atoms with Gasteiger partial charge in [0.25, 0.3) is 0 Å². The average Bonchev–Trinajstić information content (AvgIpc) is 2.86. The molecule has 19 heavy (non-hydrogen) atoms. The molecule has 100 valence electrons. The Kier molecular flexibility index (Phi) is 4.34. The summed E-state index contributed by atoms with van der Waals surface area (Å²) in [5.41, 5.74) is 0.965. The Bertz CT molecular complexity index is 481. The summed E-state index contributed by atoms with van der Waals surface area (Å²) in [6, 6.07) is 9.55. The Morgan fingerprint density at radius 1 is 1.21 bits per heavy atom. The fraction of sp³-hybridized carbons (Fsp3) is 0.333. The molecule has 1 aromatic carbocycles. The van der Waals surface area contributed by atoms with E-state index in [1.165, 1.54) is 6.08 Å². The molecule has 0 spiro atoms. The number of hydrogen-bond donors (Lipinski definition) is 2. The third-order valence-corrected chi connectivity index (χ3v) is 3.35. The lowest BCUT2D eigenvalue weighted by Crippen LogP contribution is -2.31. The average molecular weight is 259 g/mol. The summed E-state index contributed by atoms with van der Waals surface area (Å²) >= 11 is 0. The zero-order valence-corrected chi connectivity index (χ0v) is 10.6. The zero-order valence-electron chi connectivity index (χ0n) is 10.6. The van der Waals surface area contributed by atoms with E-state index in [1.54, 1.807) is 6.08 Å². The molecular formula is C15H17NO3. The molecule has 1 aromatic rings. The number of amides is 1. The van der Waals surface area contributed by atoms with Crippen LogP contribution in [0.15, 0.2) is 36.4 Å². The maximum atomic E-state index is 11.7. The van der Waals surface area contributed by atoms with Gasteiger partial charge in [-0.2, -0.15) is 0 Å². The summed E-state index contributed by atoms with van der Waals surface area (Å²) in [4.78, 5) is 22.5. The van der Waals surface area contributed by atoms with E-state index in [0.29, 0.717) is 12.8 Å². The topological polar surface area (TPSA) is 66.4 Å². The molecule has 1 aliphatic carbocycles. The maximum Gasteiger partial charge on any atom is 0.306 e. The number of aliphatic carboxylic acids is 1. The van der Waals surface area contributed by atoms with Crippen molar-refractivity contribution in [2.45, 2.75) is 25.3 Å². The smallest absolute Gasteiger partial charge is 0.306 e. The van der Waals surface area contributed by atoms with E-state index in [4.69, 9.17) is 5.11 Å². The SMILES string of the molecule is O=C(/C=C/c1ccccc1)N[C@H]1CC[C@@H](C(=O)O)C1. The van der Waals surface area contributed by atoms with Gasteiger partial charge < -0.3 is 10.4 Å². The van der Waals surface area contributed by atoms with Crippen LogP contribution in [-0.4, -0.2) is 23.0 Å². The minimum absolute atomic E-state index is 0.0194. The molecule has 0 heterocycles. The third-order valence-electron chi connectivity index (χ3n) is 3.35. The Labute approximate surface area is 112 Å². The quantitative estimate of drug-likeness (QED) is 0.813. The predicted molar refractivity (Wildman–Crippen MR) is 72.4 cm³/mol. The second-order valence-electron chi connectivity index (χ2n) is 4.80. The maximum absolute atomic E-state index is 11.7. The summed E-state index contributed by atoms with van der Waals surface area (Å²) in [7, 11) is 0. The van der Waals surface area contributed by atoms with Gasteiger partial charge in [-0.15, -0.1) is 0 Å². The Morgan fingerprint density at radius 3 is 2.58 bits per heavy atom. The van der Waals surface area contributed by atoms with Crippen LogP contribution < -0.4 is 5.32 Å². The molecule has 1 aliphatic rings. The molecule has 4 heteroatoms. The van der Waals surface area contributed by atoms with Crippen LogP contribution in [0.25, 0.3) is 6.08 Å². The fourth-order valence-corrected chi connectivity index (χ4v) is 2.32. The molecule has 0 saturated heterocycles. The Morgan fingerprint density at radius 2 is 1.95 bits per heavy atom. The first-order valence-electron chi connectivity index (χ1n) is 6.41. The lowest BCUT2D eigenvalue weighted by Gasteiger charge is -2.10. The van der Waals surface area contributed by atoms with Gasteiger partial charge in [-0.3, -0.25) is 9.59 Å². The van der Waals surface area contributed by atoms with Crippen molar-refractivity contribution in [3.63, 3.8) is 0 Å². The highest BCUT2D eigenvalue weighted by Crippen LogP contribution is 2.25. The lowest BCUT2D eigenvalue weighted by molar-refractivity contribution is -0.141. The normalized spacial score (nSPS) is 22.5. The van der Waals surface area contributed by atoms with Crippen molar-refractivity contribution in [1.29, 1.82) is 0 Å². The van der Waals surface area contributed by atoms with Gasteiger partial charge in [-0.05, 0) is 30.9 Å². The second kappa shape index (κ2) is 6.18. The first-order chi connectivity index (χ1) is 9.15.